The summed E-state index contributed by atoms with van der Waals surface area (Å²) in [6.45, 7) is 1.94. The Kier molecular flexibility index (Phi) is 2.49. The van der Waals surface area contributed by atoms with Gasteiger partial charge in [-0.1, -0.05) is 42.5 Å². The third-order valence-corrected chi connectivity index (χ3v) is 3.30. The van der Waals surface area contributed by atoms with Gasteiger partial charge in [0.15, 0.2) is 6.29 Å². The van der Waals surface area contributed by atoms with Crippen LogP contribution in [0.1, 0.15) is 15.9 Å². The molecule has 88 valence electrons. The fraction of sp³-hybridized carbons (Fsp3) is 0.0625. The van der Waals surface area contributed by atoms with Crippen molar-refractivity contribution >= 4 is 17.1 Å². The minimum Gasteiger partial charge on any atom is -0.360 e. The largest absolute Gasteiger partial charge is 0.360 e. The molecule has 2 heteroatoms. The van der Waals surface area contributed by atoms with E-state index in [0.717, 1.165) is 34.1 Å². The number of fused-ring (bicyclic) bond motifs is 1. The average molecular weight is 235 g/mol. The molecule has 0 saturated carbocycles. The van der Waals surface area contributed by atoms with E-state index in [0.29, 0.717) is 0 Å². The number of carbonyl (C=O) groups is 1. The zero-order valence-corrected chi connectivity index (χ0v) is 10.1. The molecule has 0 spiro atoms. The lowest BCUT2D eigenvalue weighted by atomic mass is 9.99. The lowest BCUT2D eigenvalue weighted by molar-refractivity contribution is 0.112. The van der Waals surface area contributed by atoms with Crippen molar-refractivity contribution < 1.29 is 4.79 Å². The molecule has 3 aromatic rings. The average Bonchev–Trinajstić information content (AvgIpc) is 2.79. The maximum atomic E-state index is 11.2. The Morgan fingerprint density at radius 2 is 1.83 bits per heavy atom. The minimum atomic E-state index is 0.742. The number of aromatic nitrogens is 1. The third kappa shape index (κ3) is 1.54. The second-order valence-electron chi connectivity index (χ2n) is 4.40. The van der Waals surface area contributed by atoms with Crippen LogP contribution in [0.4, 0.5) is 0 Å². The quantitative estimate of drug-likeness (QED) is 0.670. The number of hydrogen-bond acceptors (Lipinski definition) is 1. The summed E-state index contributed by atoms with van der Waals surface area (Å²) in [5.41, 5.74) is 3.70. The predicted molar refractivity (Wildman–Crippen MR) is 73.9 cm³/mol. The number of rotatable bonds is 2. The molecule has 3 rings (SSSR count). The predicted octanol–water partition coefficient (Wildman–Crippen LogP) is 3.96. The van der Waals surface area contributed by atoms with Gasteiger partial charge in [0, 0.05) is 17.3 Å². The van der Waals surface area contributed by atoms with E-state index in [2.05, 4.69) is 23.2 Å². The van der Waals surface area contributed by atoms with Crippen molar-refractivity contribution in [1.82, 2.24) is 4.98 Å². The second kappa shape index (κ2) is 4.15. The van der Waals surface area contributed by atoms with Gasteiger partial charge >= 0.3 is 0 Å². The first-order valence-electron chi connectivity index (χ1n) is 5.92. The number of nitrogens with one attached hydrogen (secondary N) is 1. The molecule has 0 saturated heterocycles. The van der Waals surface area contributed by atoms with Gasteiger partial charge in [0.05, 0.1) is 5.69 Å². The Morgan fingerprint density at radius 3 is 2.67 bits per heavy atom. The topological polar surface area (TPSA) is 32.9 Å². The van der Waals surface area contributed by atoms with Crippen LogP contribution in [-0.2, 0) is 0 Å². The number of aromatic amines is 1. The highest BCUT2D eigenvalue weighted by atomic mass is 16.1. The molecule has 0 atom stereocenters. The Bertz CT molecular complexity index is 720. The molecular weight excluding hydrogens is 222 g/mol. The smallest absolute Gasteiger partial charge is 0.152 e. The summed E-state index contributed by atoms with van der Waals surface area (Å²) in [5, 5.41) is 2.34. The van der Waals surface area contributed by atoms with E-state index in [1.165, 1.54) is 5.39 Å². The van der Waals surface area contributed by atoms with Gasteiger partial charge in [-0.2, -0.15) is 0 Å². The first kappa shape index (κ1) is 10.8. The van der Waals surface area contributed by atoms with E-state index in [-0.39, 0.29) is 0 Å². The van der Waals surface area contributed by atoms with E-state index in [1.807, 2.05) is 37.4 Å². The summed E-state index contributed by atoms with van der Waals surface area (Å²) < 4.78 is 0. The van der Waals surface area contributed by atoms with Crippen molar-refractivity contribution in [3.8, 4) is 11.3 Å². The summed E-state index contributed by atoms with van der Waals surface area (Å²) in [6.07, 6.45) is 2.80. The monoisotopic (exact) mass is 235 g/mol. The zero-order chi connectivity index (χ0) is 12.5. The Labute approximate surface area is 105 Å². The van der Waals surface area contributed by atoms with Crippen LogP contribution in [0.5, 0.6) is 0 Å². The minimum absolute atomic E-state index is 0.742. The van der Waals surface area contributed by atoms with Crippen LogP contribution in [0.25, 0.3) is 22.0 Å². The normalized spacial score (nSPS) is 10.7. The van der Waals surface area contributed by atoms with Gasteiger partial charge in [-0.3, -0.25) is 4.79 Å². The molecule has 0 aliphatic heterocycles. The van der Waals surface area contributed by atoms with Crippen molar-refractivity contribution in [2.24, 2.45) is 0 Å². The number of aldehydes is 1. The lowest BCUT2D eigenvalue weighted by Gasteiger charge is -2.06. The maximum Gasteiger partial charge on any atom is 0.152 e. The molecule has 2 aromatic carbocycles. The molecule has 1 N–H and O–H groups in total. The number of carbonyl (C=O) groups excluding carboxylic acids is 1. The van der Waals surface area contributed by atoms with Crippen molar-refractivity contribution in [3.05, 3.63) is 59.8 Å². The van der Waals surface area contributed by atoms with E-state index >= 15 is 0 Å². The van der Waals surface area contributed by atoms with Gasteiger partial charge in [-0.25, -0.2) is 0 Å². The fourth-order valence-corrected chi connectivity index (χ4v) is 2.35. The highest BCUT2D eigenvalue weighted by Crippen LogP contribution is 2.30. The fourth-order valence-electron chi connectivity index (χ4n) is 2.35. The van der Waals surface area contributed by atoms with Gasteiger partial charge in [-0.05, 0) is 23.3 Å². The molecule has 18 heavy (non-hydrogen) atoms. The summed E-state index contributed by atoms with van der Waals surface area (Å²) in [4.78, 5) is 14.4. The van der Waals surface area contributed by atoms with Crippen LogP contribution in [0.3, 0.4) is 0 Å². The Morgan fingerprint density at radius 1 is 1.06 bits per heavy atom. The summed E-state index contributed by atoms with van der Waals surface area (Å²) in [7, 11) is 0. The van der Waals surface area contributed by atoms with Gasteiger partial charge in [-0.15, -0.1) is 0 Å². The summed E-state index contributed by atoms with van der Waals surface area (Å²) in [5.74, 6) is 0. The van der Waals surface area contributed by atoms with Crippen LogP contribution >= 0.6 is 0 Å². The SMILES string of the molecule is Cc1c[nH]c(-c2cccc3ccccc23)c1C=O. The summed E-state index contributed by atoms with van der Waals surface area (Å²) >= 11 is 0. The lowest BCUT2D eigenvalue weighted by Crippen LogP contribution is -1.87. The molecule has 0 aliphatic rings. The third-order valence-electron chi connectivity index (χ3n) is 3.30. The Balaban J connectivity index is 2.35. The zero-order valence-electron chi connectivity index (χ0n) is 10.1. The molecule has 0 radical (unpaired) electrons. The molecule has 0 bridgehead atoms. The van der Waals surface area contributed by atoms with Crippen LogP contribution < -0.4 is 0 Å². The highest BCUT2D eigenvalue weighted by Gasteiger charge is 2.11. The van der Waals surface area contributed by atoms with Crippen LogP contribution in [0.2, 0.25) is 0 Å². The maximum absolute atomic E-state index is 11.2. The number of aryl methyl sites for hydroxylation is 1. The molecule has 1 aromatic heterocycles. The molecule has 2 nitrogen and oxygen atoms in total. The molecule has 1 heterocycles. The summed E-state index contributed by atoms with van der Waals surface area (Å²) in [6, 6.07) is 14.3. The van der Waals surface area contributed by atoms with E-state index in [1.54, 1.807) is 0 Å². The van der Waals surface area contributed by atoms with Crippen molar-refractivity contribution in [2.75, 3.05) is 0 Å². The highest BCUT2D eigenvalue weighted by molar-refractivity contribution is 6.00. The second-order valence-corrected chi connectivity index (χ2v) is 4.40. The standard InChI is InChI=1S/C16H13NO/c1-11-9-17-16(15(11)10-18)14-8-4-6-12-5-2-3-7-13(12)14/h2-10,17H,1H3. The van der Waals surface area contributed by atoms with Crippen molar-refractivity contribution in [3.63, 3.8) is 0 Å². The van der Waals surface area contributed by atoms with Crippen molar-refractivity contribution in [1.29, 1.82) is 0 Å². The first-order chi connectivity index (χ1) is 8.81. The van der Waals surface area contributed by atoms with Gasteiger partial charge in [0.2, 0.25) is 0 Å². The van der Waals surface area contributed by atoms with E-state index in [4.69, 9.17) is 0 Å². The van der Waals surface area contributed by atoms with Gasteiger partial charge in [0.25, 0.3) is 0 Å². The molecule has 0 fully saturated rings. The van der Waals surface area contributed by atoms with E-state index < -0.39 is 0 Å². The molecular formula is C16H13NO. The number of hydrogen-bond donors (Lipinski definition) is 1. The van der Waals surface area contributed by atoms with Crippen LogP contribution in [0.15, 0.2) is 48.7 Å². The van der Waals surface area contributed by atoms with Crippen LogP contribution in [-0.4, -0.2) is 11.3 Å². The first-order valence-corrected chi connectivity index (χ1v) is 5.92. The van der Waals surface area contributed by atoms with E-state index in [9.17, 15) is 4.79 Å². The molecule has 0 amide bonds. The van der Waals surface area contributed by atoms with Gasteiger partial charge < -0.3 is 4.98 Å². The van der Waals surface area contributed by atoms with Crippen LogP contribution in [0, 0.1) is 6.92 Å². The number of benzene rings is 2. The molecule has 0 aliphatic carbocycles. The molecule has 0 unspecified atom stereocenters. The van der Waals surface area contributed by atoms with Crippen molar-refractivity contribution in [2.45, 2.75) is 6.92 Å². The number of H-pyrrole nitrogens is 1. The van der Waals surface area contributed by atoms with Gasteiger partial charge in [0.1, 0.15) is 0 Å². The Hall–Kier alpha value is -2.35.